The molecule has 7 heteroatoms. The fraction of sp³-hybridized carbons (Fsp3) is 0.417. The Kier molecular flexibility index (Phi) is 3.96. The molecule has 2 N–H and O–H groups in total. The molecule has 1 heterocycles. The number of anilines is 1. The molecule has 7 nitrogen and oxygen atoms in total. The molecule has 0 unspecified atom stereocenters. The van der Waals surface area contributed by atoms with E-state index in [0.29, 0.717) is 12.2 Å². The SMILES string of the molecule is O=C(Nc1cccc([N+](=O)[O-])c1)N1CCC[C@@H]1CO. The van der Waals surface area contributed by atoms with Crippen molar-refractivity contribution in [2.75, 3.05) is 18.5 Å². The Hall–Kier alpha value is -2.15. The molecule has 1 fully saturated rings. The number of nitrogens with zero attached hydrogens (tertiary/aromatic N) is 2. The number of hydrogen-bond donors (Lipinski definition) is 2. The lowest BCUT2D eigenvalue weighted by atomic mass is 10.2. The molecule has 1 aliphatic heterocycles. The Morgan fingerprint density at radius 3 is 3.05 bits per heavy atom. The van der Waals surface area contributed by atoms with Crippen molar-refractivity contribution in [2.45, 2.75) is 18.9 Å². The first kappa shape index (κ1) is 13.3. The number of aliphatic hydroxyl groups excluding tert-OH is 1. The Balaban J connectivity index is 2.06. The van der Waals surface area contributed by atoms with Crippen molar-refractivity contribution in [1.82, 2.24) is 4.90 Å². The molecule has 1 aromatic rings. The Morgan fingerprint density at radius 2 is 2.37 bits per heavy atom. The molecule has 1 atom stereocenters. The third-order valence-electron chi connectivity index (χ3n) is 3.16. The first-order valence-corrected chi connectivity index (χ1v) is 6.05. The van der Waals surface area contributed by atoms with Crippen LogP contribution >= 0.6 is 0 Å². The molecule has 0 bridgehead atoms. The predicted molar refractivity (Wildman–Crippen MR) is 68.9 cm³/mol. The summed E-state index contributed by atoms with van der Waals surface area (Å²) in [5.41, 5.74) is 0.306. The van der Waals surface area contributed by atoms with Crippen LogP contribution < -0.4 is 5.32 Å². The van der Waals surface area contributed by atoms with Gasteiger partial charge >= 0.3 is 6.03 Å². The van der Waals surface area contributed by atoms with Gasteiger partial charge in [0, 0.05) is 24.4 Å². The summed E-state index contributed by atoms with van der Waals surface area (Å²) in [6.45, 7) is 0.522. The zero-order chi connectivity index (χ0) is 13.8. The molecule has 1 aliphatic rings. The first-order chi connectivity index (χ1) is 9.11. The van der Waals surface area contributed by atoms with E-state index in [1.54, 1.807) is 11.0 Å². The highest BCUT2D eigenvalue weighted by Gasteiger charge is 2.28. The maximum atomic E-state index is 12.0. The lowest BCUT2D eigenvalue weighted by molar-refractivity contribution is -0.384. The van der Waals surface area contributed by atoms with Gasteiger partial charge < -0.3 is 15.3 Å². The molecule has 0 aliphatic carbocycles. The summed E-state index contributed by atoms with van der Waals surface area (Å²) in [6, 6.07) is 5.27. The molecular weight excluding hydrogens is 250 g/mol. The number of amides is 2. The van der Waals surface area contributed by atoms with Gasteiger partial charge in [0.2, 0.25) is 0 Å². The minimum atomic E-state index is -0.512. The van der Waals surface area contributed by atoms with Crippen LogP contribution in [0.3, 0.4) is 0 Å². The number of rotatable bonds is 3. The molecular formula is C12H15N3O4. The lowest BCUT2D eigenvalue weighted by Gasteiger charge is -2.23. The second kappa shape index (κ2) is 5.66. The van der Waals surface area contributed by atoms with Crippen molar-refractivity contribution in [3.05, 3.63) is 34.4 Å². The van der Waals surface area contributed by atoms with Crippen LogP contribution in [0.25, 0.3) is 0 Å². The minimum Gasteiger partial charge on any atom is -0.394 e. The molecule has 102 valence electrons. The van der Waals surface area contributed by atoms with Crippen LogP contribution in [0, 0.1) is 10.1 Å². The standard InChI is InChI=1S/C12H15N3O4/c16-8-11-5-2-6-14(11)12(17)13-9-3-1-4-10(7-9)15(18)19/h1,3-4,7,11,16H,2,5-6,8H2,(H,13,17)/t11-/m1/s1. The highest BCUT2D eigenvalue weighted by atomic mass is 16.6. The van der Waals surface area contributed by atoms with E-state index in [4.69, 9.17) is 5.11 Å². The summed E-state index contributed by atoms with van der Waals surface area (Å²) in [7, 11) is 0. The van der Waals surface area contributed by atoms with Gasteiger partial charge in [-0.1, -0.05) is 6.07 Å². The Labute approximate surface area is 110 Å². The number of carbonyl (C=O) groups excluding carboxylic acids is 1. The van der Waals surface area contributed by atoms with E-state index < -0.39 is 4.92 Å². The number of nitro groups is 1. The average Bonchev–Trinajstić information content (AvgIpc) is 2.87. The van der Waals surface area contributed by atoms with Crippen LogP contribution in [0.1, 0.15) is 12.8 Å². The third kappa shape index (κ3) is 3.00. The molecule has 0 radical (unpaired) electrons. The van der Waals surface area contributed by atoms with Gasteiger partial charge in [-0.2, -0.15) is 0 Å². The average molecular weight is 265 g/mol. The predicted octanol–water partition coefficient (Wildman–Crippen LogP) is 1.58. The van der Waals surface area contributed by atoms with Crippen LogP contribution in [-0.2, 0) is 0 Å². The van der Waals surface area contributed by atoms with Gasteiger partial charge in [0.15, 0.2) is 0 Å². The topological polar surface area (TPSA) is 95.7 Å². The number of urea groups is 1. The van der Waals surface area contributed by atoms with Gasteiger partial charge in [0.1, 0.15) is 0 Å². The third-order valence-corrected chi connectivity index (χ3v) is 3.16. The van der Waals surface area contributed by atoms with Gasteiger partial charge in [-0.3, -0.25) is 10.1 Å². The molecule has 0 aromatic heterocycles. The first-order valence-electron chi connectivity index (χ1n) is 6.05. The second-order valence-electron chi connectivity index (χ2n) is 4.41. The van der Waals surface area contributed by atoms with Gasteiger partial charge in [-0.25, -0.2) is 4.79 Å². The van der Waals surface area contributed by atoms with E-state index in [-0.39, 0.29) is 24.4 Å². The molecule has 19 heavy (non-hydrogen) atoms. The van der Waals surface area contributed by atoms with Crippen LogP contribution in [0.2, 0.25) is 0 Å². The number of likely N-dealkylation sites (tertiary alicyclic amines) is 1. The summed E-state index contributed by atoms with van der Waals surface area (Å²) in [5.74, 6) is 0. The van der Waals surface area contributed by atoms with E-state index in [1.165, 1.54) is 18.2 Å². The van der Waals surface area contributed by atoms with Gasteiger partial charge in [0.25, 0.3) is 5.69 Å². The highest BCUT2D eigenvalue weighted by molar-refractivity contribution is 5.90. The largest absolute Gasteiger partial charge is 0.394 e. The molecule has 0 spiro atoms. The number of carbonyl (C=O) groups is 1. The molecule has 0 saturated carbocycles. The minimum absolute atomic E-state index is 0.0671. The van der Waals surface area contributed by atoms with Crippen molar-refractivity contribution in [2.24, 2.45) is 0 Å². The molecule has 2 amide bonds. The Bertz CT molecular complexity index is 492. The monoisotopic (exact) mass is 265 g/mol. The van der Waals surface area contributed by atoms with Crippen LogP contribution in [0.5, 0.6) is 0 Å². The summed E-state index contributed by atoms with van der Waals surface area (Å²) in [6.07, 6.45) is 1.63. The summed E-state index contributed by atoms with van der Waals surface area (Å²) in [4.78, 5) is 23.7. The van der Waals surface area contributed by atoms with E-state index in [2.05, 4.69) is 5.32 Å². The number of aliphatic hydroxyl groups is 1. The molecule has 1 aromatic carbocycles. The summed E-state index contributed by atoms with van der Waals surface area (Å²) >= 11 is 0. The lowest BCUT2D eigenvalue weighted by Crippen LogP contribution is -2.40. The molecule has 2 rings (SSSR count). The number of hydrogen-bond acceptors (Lipinski definition) is 4. The van der Waals surface area contributed by atoms with E-state index in [0.717, 1.165) is 12.8 Å². The van der Waals surface area contributed by atoms with E-state index in [9.17, 15) is 14.9 Å². The van der Waals surface area contributed by atoms with Gasteiger partial charge in [-0.05, 0) is 18.9 Å². The van der Waals surface area contributed by atoms with Crippen molar-refractivity contribution < 1.29 is 14.8 Å². The smallest absolute Gasteiger partial charge is 0.322 e. The van der Waals surface area contributed by atoms with Crippen LogP contribution in [0.15, 0.2) is 24.3 Å². The van der Waals surface area contributed by atoms with Crippen LogP contribution in [-0.4, -0.2) is 40.2 Å². The zero-order valence-electron chi connectivity index (χ0n) is 10.3. The maximum absolute atomic E-state index is 12.0. The fourth-order valence-electron chi connectivity index (χ4n) is 2.19. The van der Waals surface area contributed by atoms with Crippen molar-refractivity contribution in [1.29, 1.82) is 0 Å². The second-order valence-corrected chi connectivity index (χ2v) is 4.41. The normalized spacial score (nSPS) is 18.4. The van der Waals surface area contributed by atoms with Crippen LogP contribution in [0.4, 0.5) is 16.2 Å². The summed E-state index contributed by atoms with van der Waals surface area (Å²) in [5, 5.41) is 22.4. The van der Waals surface area contributed by atoms with E-state index in [1.807, 2.05) is 0 Å². The maximum Gasteiger partial charge on any atom is 0.322 e. The van der Waals surface area contributed by atoms with Crippen molar-refractivity contribution in [3.8, 4) is 0 Å². The number of benzene rings is 1. The number of non-ortho nitro benzene ring substituents is 1. The Morgan fingerprint density at radius 1 is 1.58 bits per heavy atom. The zero-order valence-corrected chi connectivity index (χ0v) is 10.3. The van der Waals surface area contributed by atoms with Gasteiger partial charge in [0.05, 0.1) is 17.6 Å². The van der Waals surface area contributed by atoms with Crippen molar-refractivity contribution in [3.63, 3.8) is 0 Å². The number of nitro benzene ring substituents is 1. The number of nitrogens with one attached hydrogen (secondary N) is 1. The summed E-state index contributed by atoms with van der Waals surface area (Å²) < 4.78 is 0. The highest BCUT2D eigenvalue weighted by Crippen LogP contribution is 2.20. The van der Waals surface area contributed by atoms with E-state index >= 15 is 0 Å². The van der Waals surface area contributed by atoms with Crippen molar-refractivity contribution >= 4 is 17.4 Å². The fourth-order valence-corrected chi connectivity index (χ4v) is 2.19. The van der Waals surface area contributed by atoms with Gasteiger partial charge in [-0.15, -0.1) is 0 Å². The quantitative estimate of drug-likeness (QED) is 0.640. The molecule has 1 saturated heterocycles.